The normalized spacial score (nSPS) is 17.1. The fourth-order valence-corrected chi connectivity index (χ4v) is 2.61. The van der Waals surface area contributed by atoms with Gasteiger partial charge in [0.15, 0.2) is 11.6 Å². The number of rotatable bonds is 4. The smallest absolute Gasteiger partial charge is 0.314 e. The van der Waals surface area contributed by atoms with Crippen LogP contribution < -0.4 is 5.32 Å². The van der Waals surface area contributed by atoms with Crippen molar-refractivity contribution in [3.8, 4) is 0 Å². The maximum Gasteiger partial charge on any atom is 0.389 e. The van der Waals surface area contributed by atoms with Crippen LogP contribution in [-0.2, 0) is 0 Å². The summed E-state index contributed by atoms with van der Waals surface area (Å²) in [6.45, 7) is 2.27. The quantitative estimate of drug-likeness (QED) is 0.791. The molecule has 0 aromatic heterocycles. The second-order valence-electron chi connectivity index (χ2n) is 5.10. The van der Waals surface area contributed by atoms with Crippen LogP contribution in [0.15, 0.2) is 18.2 Å². The average molecular weight is 381 g/mol. The Bertz CT molecular complexity index is 479. The van der Waals surface area contributed by atoms with Crippen LogP contribution in [0, 0.1) is 11.6 Å². The fourth-order valence-electron chi connectivity index (χ4n) is 2.61. The highest BCUT2D eigenvalue weighted by Gasteiger charge is 2.32. The molecular formula is C14H19Cl2F5N2. The van der Waals surface area contributed by atoms with Gasteiger partial charge in [0.1, 0.15) is 0 Å². The van der Waals surface area contributed by atoms with E-state index in [1.165, 1.54) is 12.1 Å². The van der Waals surface area contributed by atoms with Gasteiger partial charge in [-0.2, -0.15) is 13.2 Å². The summed E-state index contributed by atoms with van der Waals surface area (Å²) in [5.74, 6) is -2.08. The summed E-state index contributed by atoms with van der Waals surface area (Å²) >= 11 is 0. The number of piperazine rings is 1. The van der Waals surface area contributed by atoms with Gasteiger partial charge in [-0.25, -0.2) is 8.78 Å². The van der Waals surface area contributed by atoms with Gasteiger partial charge in [-0.15, -0.1) is 24.8 Å². The van der Waals surface area contributed by atoms with Gasteiger partial charge in [-0.3, -0.25) is 4.90 Å². The first-order chi connectivity index (χ1) is 9.88. The highest BCUT2D eigenvalue weighted by Crippen LogP contribution is 2.33. The van der Waals surface area contributed by atoms with E-state index in [0.29, 0.717) is 26.2 Å². The van der Waals surface area contributed by atoms with Gasteiger partial charge in [0.05, 0.1) is 0 Å². The van der Waals surface area contributed by atoms with Crippen molar-refractivity contribution < 1.29 is 22.0 Å². The summed E-state index contributed by atoms with van der Waals surface area (Å²) in [5, 5.41) is 3.09. The molecule has 0 amide bonds. The minimum absolute atomic E-state index is 0. The Hall–Kier alpha value is -0.630. The number of nitrogens with one attached hydrogen (secondary N) is 1. The van der Waals surface area contributed by atoms with Gasteiger partial charge >= 0.3 is 6.18 Å². The number of alkyl halides is 3. The van der Waals surface area contributed by atoms with Crippen LogP contribution in [-0.4, -0.2) is 37.3 Å². The van der Waals surface area contributed by atoms with E-state index in [9.17, 15) is 22.0 Å². The fraction of sp³-hybridized carbons (Fsp3) is 0.571. The van der Waals surface area contributed by atoms with Crippen molar-refractivity contribution >= 4 is 24.8 Å². The molecule has 1 fully saturated rings. The Morgan fingerprint density at radius 2 is 1.70 bits per heavy atom. The van der Waals surface area contributed by atoms with Crippen LogP contribution in [0.2, 0.25) is 0 Å². The zero-order valence-electron chi connectivity index (χ0n) is 12.2. The van der Waals surface area contributed by atoms with Gasteiger partial charge in [-0.05, 0) is 12.5 Å². The largest absolute Gasteiger partial charge is 0.389 e. The summed E-state index contributed by atoms with van der Waals surface area (Å²) in [5.41, 5.74) is 0.00106. The molecule has 23 heavy (non-hydrogen) atoms. The number of hydrogen-bond donors (Lipinski definition) is 1. The first-order valence-electron chi connectivity index (χ1n) is 6.84. The molecule has 1 saturated heterocycles. The predicted octanol–water partition coefficient (Wildman–Crippen LogP) is 4.10. The maximum absolute atomic E-state index is 13.9. The van der Waals surface area contributed by atoms with Crippen molar-refractivity contribution in [1.29, 1.82) is 0 Å². The minimum atomic E-state index is -4.31. The topological polar surface area (TPSA) is 15.3 Å². The zero-order valence-corrected chi connectivity index (χ0v) is 13.8. The molecule has 1 aromatic carbocycles. The van der Waals surface area contributed by atoms with Crippen molar-refractivity contribution in [3.05, 3.63) is 35.4 Å². The van der Waals surface area contributed by atoms with E-state index in [1.54, 1.807) is 4.90 Å². The van der Waals surface area contributed by atoms with Gasteiger partial charge in [0, 0.05) is 44.2 Å². The molecule has 134 valence electrons. The second kappa shape index (κ2) is 9.61. The predicted molar refractivity (Wildman–Crippen MR) is 83.3 cm³/mol. The molecule has 1 heterocycles. The summed E-state index contributed by atoms with van der Waals surface area (Å²) in [6.07, 6.45) is -5.60. The van der Waals surface area contributed by atoms with Crippen LogP contribution in [0.1, 0.15) is 24.4 Å². The Morgan fingerprint density at radius 3 is 2.26 bits per heavy atom. The molecule has 0 unspecified atom stereocenters. The molecule has 1 N–H and O–H groups in total. The molecule has 2 rings (SSSR count). The van der Waals surface area contributed by atoms with Gasteiger partial charge in [-0.1, -0.05) is 12.1 Å². The van der Waals surface area contributed by atoms with E-state index in [4.69, 9.17) is 0 Å². The summed E-state index contributed by atoms with van der Waals surface area (Å²) in [4.78, 5) is 1.78. The van der Waals surface area contributed by atoms with E-state index in [0.717, 1.165) is 6.07 Å². The zero-order chi connectivity index (χ0) is 15.5. The maximum atomic E-state index is 13.9. The third-order valence-corrected chi connectivity index (χ3v) is 3.63. The summed E-state index contributed by atoms with van der Waals surface area (Å²) < 4.78 is 64.7. The van der Waals surface area contributed by atoms with Gasteiger partial charge in [0.2, 0.25) is 0 Å². The van der Waals surface area contributed by atoms with Crippen LogP contribution in [0.5, 0.6) is 0 Å². The van der Waals surface area contributed by atoms with E-state index in [2.05, 4.69) is 5.32 Å². The van der Waals surface area contributed by atoms with Crippen molar-refractivity contribution in [2.24, 2.45) is 0 Å². The monoisotopic (exact) mass is 380 g/mol. The van der Waals surface area contributed by atoms with Crippen molar-refractivity contribution in [2.75, 3.05) is 26.2 Å². The number of nitrogens with zero attached hydrogens (tertiary/aromatic N) is 1. The third kappa shape index (κ3) is 6.41. The van der Waals surface area contributed by atoms with Crippen LogP contribution >= 0.6 is 24.8 Å². The van der Waals surface area contributed by atoms with Crippen molar-refractivity contribution in [2.45, 2.75) is 25.1 Å². The lowest BCUT2D eigenvalue weighted by molar-refractivity contribution is -0.138. The molecule has 0 aliphatic carbocycles. The third-order valence-electron chi connectivity index (χ3n) is 3.63. The molecule has 9 heteroatoms. The lowest BCUT2D eigenvalue weighted by Gasteiger charge is -2.35. The Kier molecular flexibility index (Phi) is 9.35. The molecular weight excluding hydrogens is 362 g/mol. The van der Waals surface area contributed by atoms with Gasteiger partial charge in [0.25, 0.3) is 0 Å². The lowest BCUT2D eigenvalue weighted by atomic mass is 9.98. The van der Waals surface area contributed by atoms with Crippen LogP contribution in [0.25, 0.3) is 0 Å². The molecule has 0 radical (unpaired) electrons. The molecule has 1 aliphatic rings. The molecule has 1 atom stereocenters. The van der Waals surface area contributed by atoms with Crippen LogP contribution in [0.3, 0.4) is 0 Å². The average Bonchev–Trinajstić information content (AvgIpc) is 2.43. The first-order valence-corrected chi connectivity index (χ1v) is 6.84. The number of halogens is 7. The Labute approximate surface area is 144 Å². The van der Waals surface area contributed by atoms with E-state index >= 15 is 0 Å². The number of benzene rings is 1. The summed E-state index contributed by atoms with van der Waals surface area (Å²) in [6, 6.07) is 2.90. The Balaban J connectivity index is 0.00000242. The number of hydrogen-bond acceptors (Lipinski definition) is 2. The van der Waals surface area contributed by atoms with E-state index < -0.39 is 30.3 Å². The SMILES string of the molecule is Cl.Cl.Fc1cccc([C@H](CCC(F)(F)F)N2CCNCC2)c1F. The highest BCUT2D eigenvalue weighted by atomic mass is 35.5. The molecule has 1 aromatic rings. The van der Waals surface area contributed by atoms with Crippen molar-refractivity contribution in [3.63, 3.8) is 0 Å². The van der Waals surface area contributed by atoms with Crippen LogP contribution in [0.4, 0.5) is 22.0 Å². The van der Waals surface area contributed by atoms with E-state index in [-0.39, 0.29) is 36.8 Å². The first kappa shape index (κ1) is 22.4. The highest BCUT2D eigenvalue weighted by molar-refractivity contribution is 5.85. The molecule has 0 spiro atoms. The van der Waals surface area contributed by atoms with E-state index in [1.807, 2.05) is 0 Å². The molecule has 0 saturated carbocycles. The molecule has 0 bridgehead atoms. The lowest BCUT2D eigenvalue weighted by Crippen LogP contribution is -2.45. The summed E-state index contributed by atoms with van der Waals surface area (Å²) in [7, 11) is 0. The van der Waals surface area contributed by atoms with Gasteiger partial charge < -0.3 is 5.32 Å². The standard InChI is InChI=1S/C14H17F5N2.2ClH/c15-11-3-1-2-10(13(11)16)12(4-5-14(17,18)19)21-8-6-20-7-9-21;;/h1-3,12,20H,4-9H2;2*1H/t12-;;/m0../s1. The second-order valence-corrected chi connectivity index (χ2v) is 5.10. The molecule has 1 aliphatic heterocycles. The minimum Gasteiger partial charge on any atom is -0.314 e. The van der Waals surface area contributed by atoms with Crippen molar-refractivity contribution in [1.82, 2.24) is 10.2 Å². The molecule has 2 nitrogen and oxygen atoms in total. The Morgan fingerprint density at radius 1 is 1.09 bits per heavy atom.